The standard InChI is InChI=1S/2C11H11.CH2.Zr/c2*1-8-6-7-9(2)11-5-3-4-10(8)11;;/h2*4,6-7H,5H2,1-2H3;1H2;/q2*-1;;+2. The molecule has 0 fully saturated rings. The zero-order valence-electron chi connectivity index (χ0n) is 15.1. The molecule has 120 valence electrons. The molecule has 2 aliphatic carbocycles. The van der Waals surface area contributed by atoms with E-state index >= 15 is 0 Å². The van der Waals surface area contributed by atoms with E-state index in [2.05, 4.69) is 80.5 Å². The van der Waals surface area contributed by atoms with E-state index in [0.717, 1.165) is 12.8 Å². The van der Waals surface area contributed by atoms with Crippen molar-refractivity contribution in [2.24, 2.45) is 0 Å². The summed E-state index contributed by atoms with van der Waals surface area (Å²) in [6.07, 6.45) is 12.7. The molecule has 0 aromatic heterocycles. The molecule has 0 radical (unpaired) electrons. The summed E-state index contributed by atoms with van der Waals surface area (Å²) in [4.78, 5) is 0. The second-order valence-electron chi connectivity index (χ2n) is 6.23. The van der Waals surface area contributed by atoms with E-state index in [1.54, 1.807) is 0 Å². The van der Waals surface area contributed by atoms with Gasteiger partial charge in [-0.05, 0) is 13.8 Å². The van der Waals surface area contributed by atoms with Crippen molar-refractivity contribution < 1.29 is 24.2 Å². The molecule has 0 atom stereocenters. The average Bonchev–Trinajstić information content (AvgIpc) is 3.27. The molecule has 1 heteroatoms. The van der Waals surface area contributed by atoms with Crippen LogP contribution < -0.4 is 0 Å². The van der Waals surface area contributed by atoms with Gasteiger partial charge in [0.15, 0.2) is 0 Å². The SMILES string of the molecule is Cc1ccc(C)c2c1C=[C-]C2.Cc1ccc(C)c2c1C=[C-]C2.[CH2]=[Zr+2]. The predicted octanol–water partition coefficient (Wildman–Crippen LogP) is 5.32. The third-order valence-corrected chi connectivity index (χ3v) is 4.67. The van der Waals surface area contributed by atoms with Crippen molar-refractivity contribution in [2.75, 3.05) is 0 Å². The second-order valence-corrected chi connectivity index (χ2v) is 6.23. The Morgan fingerprint density at radius 2 is 1.00 bits per heavy atom. The molecule has 0 saturated carbocycles. The van der Waals surface area contributed by atoms with Crippen LogP contribution >= 0.6 is 0 Å². The summed E-state index contributed by atoms with van der Waals surface area (Å²) < 4.78 is 3.34. The van der Waals surface area contributed by atoms with E-state index in [1.807, 2.05) is 0 Å². The Kier molecular flexibility index (Phi) is 6.87. The van der Waals surface area contributed by atoms with Gasteiger partial charge in [0, 0.05) is 0 Å². The first-order chi connectivity index (χ1) is 11.6. The van der Waals surface area contributed by atoms with E-state index in [-0.39, 0.29) is 0 Å². The number of hydrogen-bond donors (Lipinski definition) is 0. The topological polar surface area (TPSA) is 0 Å². The summed E-state index contributed by atoms with van der Waals surface area (Å²) in [6.45, 7) is 8.64. The van der Waals surface area contributed by atoms with Crippen LogP contribution in [0.5, 0.6) is 0 Å². The van der Waals surface area contributed by atoms with E-state index in [9.17, 15) is 0 Å². The Morgan fingerprint density at radius 1 is 0.667 bits per heavy atom. The van der Waals surface area contributed by atoms with Gasteiger partial charge < -0.3 is 0 Å². The van der Waals surface area contributed by atoms with Gasteiger partial charge in [0.05, 0.1) is 0 Å². The molecule has 0 nitrogen and oxygen atoms in total. The first-order valence-corrected chi connectivity index (χ1v) is 9.98. The van der Waals surface area contributed by atoms with Gasteiger partial charge in [-0.3, -0.25) is 12.2 Å². The van der Waals surface area contributed by atoms with Gasteiger partial charge in [-0.25, -0.2) is 12.2 Å². The van der Waals surface area contributed by atoms with E-state index < -0.39 is 0 Å². The van der Waals surface area contributed by atoms with E-state index in [4.69, 9.17) is 0 Å². The third-order valence-electron chi connectivity index (χ3n) is 4.67. The molecule has 24 heavy (non-hydrogen) atoms. The Morgan fingerprint density at radius 3 is 1.33 bits per heavy atom. The normalized spacial score (nSPS) is 12.8. The average molecular weight is 392 g/mol. The van der Waals surface area contributed by atoms with Gasteiger partial charge in [0.25, 0.3) is 0 Å². The van der Waals surface area contributed by atoms with Gasteiger partial charge in [-0.15, -0.1) is 35.1 Å². The fraction of sp³-hybridized carbons (Fsp3) is 0.261. The van der Waals surface area contributed by atoms with Crippen LogP contribution in [0.15, 0.2) is 24.3 Å². The van der Waals surface area contributed by atoms with Gasteiger partial charge >= 0.3 is 28.4 Å². The van der Waals surface area contributed by atoms with Crippen molar-refractivity contribution in [1.29, 1.82) is 0 Å². The Labute approximate surface area is 161 Å². The fourth-order valence-electron chi connectivity index (χ4n) is 3.16. The molecule has 4 rings (SSSR count). The Bertz CT molecular complexity index is 727. The van der Waals surface area contributed by atoms with Gasteiger partial charge in [0.2, 0.25) is 0 Å². The summed E-state index contributed by atoms with van der Waals surface area (Å²) in [5, 5.41) is 0. The number of hydrogen-bond acceptors (Lipinski definition) is 0. The zero-order valence-corrected chi connectivity index (χ0v) is 17.5. The number of benzene rings is 2. The summed E-state index contributed by atoms with van der Waals surface area (Å²) >= 11 is 1.30. The quantitative estimate of drug-likeness (QED) is 0.533. The predicted molar refractivity (Wildman–Crippen MR) is 102 cm³/mol. The number of allylic oxidation sites excluding steroid dienone is 2. The molecule has 0 spiro atoms. The molecule has 2 aromatic carbocycles. The first kappa shape index (κ1) is 19.0. The molecule has 0 amide bonds. The summed E-state index contributed by atoms with van der Waals surface area (Å²) in [5.41, 5.74) is 11.2. The molecule has 0 saturated heterocycles. The van der Waals surface area contributed by atoms with Crippen LogP contribution in [-0.4, -0.2) is 4.21 Å². The number of rotatable bonds is 0. The first-order valence-electron chi connectivity index (χ1n) is 8.24. The molecule has 0 bridgehead atoms. The minimum absolute atomic E-state index is 1.00. The summed E-state index contributed by atoms with van der Waals surface area (Å²) in [7, 11) is 0. The van der Waals surface area contributed by atoms with Crippen molar-refractivity contribution in [3.63, 3.8) is 0 Å². The maximum absolute atomic E-state index is 3.34. The number of fused-ring (bicyclic) bond motifs is 2. The zero-order chi connectivity index (χ0) is 17.7. The van der Waals surface area contributed by atoms with Crippen LogP contribution in [0.25, 0.3) is 12.2 Å². The van der Waals surface area contributed by atoms with Gasteiger partial charge in [-0.1, -0.05) is 49.2 Å². The van der Waals surface area contributed by atoms with Crippen LogP contribution in [-0.2, 0) is 37.1 Å². The molecular weight excluding hydrogens is 367 g/mol. The van der Waals surface area contributed by atoms with E-state index in [0.29, 0.717) is 0 Å². The summed E-state index contributed by atoms with van der Waals surface area (Å²) in [5.74, 6) is 0. The maximum atomic E-state index is 3.34. The van der Waals surface area contributed by atoms with Crippen molar-refractivity contribution in [3.05, 3.63) is 80.9 Å². The fourth-order valence-corrected chi connectivity index (χ4v) is 3.16. The number of aryl methyl sites for hydroxylation is 4. The van der Waals surface area contributed by atoms with Crippen LogP contribution in [0.4, 0.5) is 0 Å². The van der Waals surface area contributed by atoms with Crippen molar-refractivity contribution in [2.45, 2.75) is 40.5 Å². The van der Waals surface area contributed by atoms with Gasteiger partial charge in [-0.2, -0.15) is 11.1 Å². The molecule has 0 heterocycles. The Balaban J connectivity index is 0.000000158. The molecule has 2 aliphatic rings. The van der Waals surface area contributed by atoms with Crippen LogP contribution in [0.2, 0.25) is 0 Å². The molecule has 2 aromatic rings. The van der Waals surface area contributed by atoms with Crippen molar-refractivity contribution >= 4 is 16.4 Å². The minimum atomic E-state index is 1.00. The Hall–Kier alpha value is -1.33. The second kappa shape index (κ2) is 8.68. The van der Waals surface area contributed by atoms with Crippen molar-refractivity contribution in [3.8, 4) is 0 Å². The van der Waals surface area contributed by atoms with Crippen LogP contribution in [0.1, 0.15) is 44.5 Å². The monoisotopic (exact) mass is 390 g/mol. The van der Waals surface area contributed by atoms with Gasteiger partial charge in [0.1, 0.15) is 0 Å². The van der Waals surface area contributed by atoms with Crippen LogP contribution in [0, 0.1) is 39.8 Å². The third kappa shape index (κ3) is 4.01. The van der Waals surface area contributed by atoms with E-state index in [1.165, 1.54) is 68.7 Å². The molecule has 0 unspecified atom stereocenters. The van der Waals surface area contributed by atoms with Crippen LogP contribution in [0.3, 0.4) is 0 Å². The summed E-state index contributed by atoms with van der Waals surface area (Å²) in [6, 6.07) is 8.74. The molecule has 0 N–H and O–H groups in total. The van der Waals surface area contributed by atoms with Crippen molar-refractivity contribution in [1.82, 2.24) is 0 Å². The molecule has 0 aliphatic heterocycles. The molecular formula is C23H24Zr.